The second-order valence-electron chi connectivity index (χ2n) is 7.89. The van der Waals surface area contributed by atoms with Crippen LogP contribution in [-0.2, 0) is 34.2 Å². The maximum Gasteiger partial charge on any atom is 0.410 e. The lowest BCUT2D eigenvalue weighted by atomic mass is 9.94. The van der Waals surface area contributed by atoms with E-state index in [0.29, 0.717) is 18.5 Å². The van der Waals surface area contributed by atoms with Crippen LogP contribution in [0.25, 0.3) is 0 Å². The van der Waals surface area contributed by atoms with Crippen molar-refractivity contribution in [3.63, 3.8) is 0 Å². The molecular weight excluding hydrogens is 380 g/mol. The number of pyridine rings is 1. The fourth-order valence-corrected chi connectivity index (χ4v) is 3.69. The quantitative estimate of drug-likeness (QED) is 0.789. The van der Waals surface area contributed by atoms with Crippen molar-refractivity contribution < 1.29 is 22.5 Å². The highest BCUT2D eigenvalue weighted by Crippen LogP contribution is 2.27. The Kier molecular flexibility index (Phi) is 5.45. The molecule has 0 spiro atoms. The Morgan fingerprint density at radius 2 is 1.89 bits per heavy atom. The van der Waals surface area contributed by atoms with Crippen LogP contribution in [0.5, 0.6) is 0 Å². The molecule has 0 saturated carbocycles. The highest BCUT2D eigenvalue weighted by atomic mass is 32.2. The standard InChI is InChI=1S/C20H24N2O5S/c1-20(2,3)27-19(23)22-13-15-9-10-18(28(24,25)26)21-17(15)12-16(22)11-14-7-5-4-6-8-14/h4-10,16H,11-13H2,1-3H3,(H,24,25,26). The van der Waals surface area contributed by atoms with Gasteiger partial charge in [-0.05, 0) is 44.4 Å². The molecule has 1 amide bonds. The molecule has 1 aliphatic heterocycles. The number of carbonyl (C=O) groups is 1. The van der Waals surface area contributed by atoms with Gasteiger partial charge >= 0.3 is 16.2 Å². The molecule has 1 atom stereocenters. The first kappa shape index (κ1) is 20.3. The Morgan fingerprint density at radius 3 is 2.50 bits per heavy atom. The summed E-state index contributed by atoms with van der Waals surface area (Å²) in [5, 5.41) is -0.379. The Morgan fingerprint density at radius 1 is 1.21 bits per heavy atom. The lowest BCUT2D eigenvalue weighted by Gasteiger charge is -2.37. The number of nitrogens with zero attached hydrogens (tertiary/aromatic N) is 2. The van der Waals surface area contributed by atoms with Crippen LogP contribution in [0, 0.1) is 0 Å². The predicted octanol–water partition coefficient (Wildman–Crippen LogP) is 3.23. The first-order valence-corrected chi connectivity index (χ1v) is 10.5. The summed E-state index contributed by atoms with van der Waals surface area (Å²) in [5.74, 6) is 0. The number of hydrogen-bond acceptors (Lipinski definition) is 5. The molecule has 150 valence electrons. The maximum atomic E-state index is 12.8. The number of aromatic nitrogens is 1. The summed E-state index contributed by atoms with van der Waals surface area (Å²) in [6.45, 7) is 5.71. The van der Waals surface area contributed by atoms with E-state index in [1.807, 2.05) is 51.1 Å². The van der Waals surface area contributed by atoms with Crippen LogP contribution in [0.15, 0.2) is 47.5 Å². The van der Waals surface area contributed by atoms with E-state index in [9.17, 15) is 17.8 Å². The first-order valence-electron chi connectivity index (χ1n) is 9.03. The second kappa shape index (κ2) is 7.52. The molecule has 2 aromatic rings. The van der Waals surface area contributed by atoms with Gasteiger partial charge in [-0.25, -0.2) is 9.78 Å². The normalized spacial score (nSPS) is 17.1. The molecule has 0 saturated heterocycles. The zero-order chi connectivity index (χ0) is 20.5. The molecule has 8 heteroatoms. The van der Waals surface area contributed by atoms with E-state index in [1.54, 1.807) is 11.0 Å². The Bertz CT molecular complexity index is 968. The van der Waals surface area contributed by atoms with Gasteiger partial charge in [0.05, 0.1) is 6.54 Å². The third-order valence-corrected chi connectivity index (χ3v) is 5.22. The van der Waals surface area contributed by atoms with Crippen LogP contribution in [0.1, 0.15) is 37.6 Å². The molecule has 1 aromatic heterocycles. The van der Waals surface area contributed by atoms with Crippen LogP contribution in [0.3, 0.4) is 0 Å². The molecule has 1 aliphatic rings. The lowest BCUT2D eigenvalue weighted by Crippen LogP contribution is -2.47. The SMILES string of the molecule is CC(C)(C)OC(=O)N1Cc2ccc(S(=O)(=O)O)nc2CC1Cc1ccccc1. The third kappa shape index (κ3) is 4.88. The van der Waals surface area contributed by atoms with Gasteiger partial charge in [0.15, 0.2) is 5.03 Å². The van der Waals surface area contributed by atoms with Crippen LogP contribution in [0.2, 0.25) is 0 Å². The van der Waals surface area contributed by atoms with Gasteiger partial charge in [0.25, 0.3) is 0 Å². The van der Waals surface area contributed by atoms with E-state index in [4.69, 9.17) is 4.74 Å². The summed E-state index contributed by atoms with van der Waals surface area (Å²) in [7, 11) is -4.38. The molecule has 3 rings (SSSR count). The number of ether oxygens (including phenoxy) is 1. The van der Waals surface area contributed by atoms with Crippen molar-refractivity contribution in [2.24, 2.45) is 0 Å². The summed E-state index contributed by atoms with van der Waals surface area (Å²) < 4.78 is 37.7. The number of carbonyl (C=O) groups excluding carboxylic acids is 1. The Labute approximate surface area is 165 Å². The average molecular weight is 404 g/mol. The van der Waals surface area contributed by atoms with Gasteiger partial charge in [-0.2, -0.15) is 8.42 Å². The van der Waals surface area contributed by atoms with Crippen molar-refractivity contribution in [2.45, 2.75) is 56.8 Å². The molecule has 0 fully saturated rings. The third-order valence-electron chi connectivity index (χ3n) is 4.46. The van der Waals surface area contributed by atoms with Gasteiger partial charge in [0, 0.05) is 18.2 Å². The first-order chi connectivity index (χ1) is 13.0. The highest BCUT2D eigenvalue weighted by molar-refractivity contribution is 7.85. The van der Waals surface area contributed by atoms with Crippen molar-refractivity contribution in [3.05, 3.63) is 59.3 Å². The number of rotatable bonds is 3. The van der Waals surface area contributed by atoms with Gasteiger partial charge in [-0.1, -0.05) is 36.4 Å². The predicted molar refractivity (Wildman–Crippen MR) is 103 cm³/mol. The Hall–Kier alpha value is -2.45. The molecule has 2 heterocycles. The van der Waals surface area contributed by atoms with Crippen LogP contribution in [-0.4, -0.2) is 40.6 Å². The van der Waals surface area contributed by atoms with Crippen molar-refractivity contribution in [3.8, 4) is 0 Å². The van der Waals surface area contributed by atoms with Crippen molar-refractivity contribution >= 4 is 16.2 Å². The molecule has 1 N–H and O–H groups in total. The average Bonchev–Trinajstić information content (AvgIpc) is 2.59. The molecule has 28 heavy (non-hydrogen) atoms. The zero-order valence-electron chi connectivity index (χ0n) is 16.1. The van der Waals surface area contributed by atoms with Gasteiger partial charge in [-0.15, -0.1) is 0 Å². The molecule has 1 unspecified atom stereocenters. The van der Waals surface area contributed by atoms with E-state index in [1.165, 1.54) is 6.07 Å². The largest absolute Gasteiger partial charge is 0.444 e. The fraction of sp³-hybridized carbons (Fsp3) is 0.400. The van der Waals surface area contributed by atoms with Crippen LogP contribution in [0.4, 0.5) is 4.79 Å². The van der Waals surface area contributed by atoms with Gasteiger partial charge in [0.1, 0.15) is 5.60 Å². The minimum Gasteiger partial charge on any atom is -0.444 e. The topological polar surface area (TPSA) is 96.8 Å². The number of hydrogen-bond donors (Lipinski definition) is 1. The smallest absolute Gasteiger partial charge is 0.410 e. The van der Waals surface area contributed by atoms with Crippen molar-refractivity contribution in [1.29, 1.82) is 0 Å². The monoisotopic (exact) mass is 404 g/mol. The van der Waals surface area contributed by atoms with Crippen LogP contribution >= 0.6 is 0 Å². The minimum absolute atomic E-state index is 0.242. The number of amides is 1. The van der Waals surface area contributed by atoms with E-state index >= 15 is 0 Å². The fourth-order valence-electron chi connectivity index (χ4n) is 3.22. The van der Waals surface area contributed by atoms with Gasteiger partial charge < -0.3 is 9.64 Å². The molecule has 0 bridgehead atoms. The summed E-state index contributed by atoms with van der Waals surface area (Å²) in [6.07, 6.45) is 0.530. The van der Waals surface area contributed by atoms with Gasteiger partial charge in [0.2, 0.25) is 0 Å². The van der Waals surface area contributed by atoms with E-state index < -0.39 is 21.8 Å². The zero-order valence-corrected chi connectivity index (χ0v) is 16.9. The van der Waals surface area contributed by atoms with E-state index in [0.717, 1.165) is 11.1 Å². The molecule has 0 radical (unpaired) electrons. The Balaban J connectivity index is 1.94. The summed E-state index contributed by atoms with van der Waals surface area (Å²) >= 11 is 0. The summed E-state index contributed by atoms with van der Waals surface area (Å²) in [6, 6.07) is 12.3. The second-order valence-corrected chi connectivity index (χ2v) is 9.25. The molecule has 7 nitrogen and oxygen atoms in total. The highest BCUT2D eigenvalue weighted by Gasteiger charge is 2.34. The van der Waals surface area contributed by atoms with Crippen LogP contribution < -0.4 is 0 Å². The maximum absolute atomic E-state index is 12.8. The molecular formula is C20H24N2O5S. The van der Waals surface area contributed by atoms with Crippen molar-refractivity contribution in [1.82, 2.24) is 9.88 Å². The molecule has 0 aliphatic carbocycles. The summed E-state index contributed by atoms with van der Waals surface area (Å²) in [4.78, 5) is 18.6. The van der Waals surface area contributed by atoms with Gasteiger partial charge in [-0.3, -0.25) is 4.55 Å². The lowest BCUT2D eigenvalue weighted by molar-refractivity contribution is 0.0117. The van der Waals surface area contributed by atoms with E-state index in [2.05, 4.69) is 4.98 Å². The summed E-state index contributed by atoms with van der Waals surface area (Å²) in [5.41, 5.74) is 1.73. The van der Waals surface area contributed by atoms with Crippen molar-refractivity contribution in [2.75, 3.05) is 0 Å². The number of benzene rings is 1. The van der Waals surface area contributed by atoms with E-state index in [-0.39, 0.29) is 17.6 Å². The molecule has 1 aromatic carbocycles. The minimum atomic E-state index is -4.38. The number of fused-ring (bicyclic) bond motifs is 1.